The normalized spacial score (nSPS) is 14.6. The number of aromatic nitrogens is 20. The van der Waals surface area contributed by atoms with E-state index in [4.69, 9.17) is 73.0 Å². The van der Waals surface area contributed by atoms with Gasteiger partial charge in [0.1, 0.15) is 32.7 Å². The fraction of sp³-hybridized carbons (Fsp3) is 0.218. The molecule has 3 aliphatic carbocycles. The van der Waals surface area contributed by atoms with E-state index in [2.05, 4.69) is 154 Å². The molecule has 2 aromatic carbocycles. The summed E-state index contributed by atoms with van der Waals surface area (Å²) in [5.41, 5.74) is 8.96. The fourth-order valence-corrected chi connectivity index (χ4v) is 20.2. The van der Waals surface area contributed by atoms with E-state index in [1.54, 1.807) is 55.7 Å². The van der Waals surface area contributed by atoms with Crippen LogP contribution < -0.4 is 42.0 Å². The molecule has 0 saturated heterocycles. The first-order valence-corrected chi connectivity index (χ1v) is 51.0. The van der Waals surface area contributed by atoms with Crippen molar-refractivity contribution in [1.29, 1.82) is 0 Å². The molecule has 2 unspecified atom stereocenters. The third kappa shape index (κ3) is 23.8. The third-order valence-electron chi connectivity index (χ3n) is 20.9. The van der Waals surface area contributed by atoms with Crippen LogP contribution in [0.25, 0.3) is 71.5 Å². The molecule has 2 atom stereocenters. The Bertz CT molecular complexity index is 7520. The zero-order valence-corrected chi connectivity index (χ0v) is 80.7. The van der Waals surface area contributed by atoms with Crippen molar-refractivity contribution >= 4 is 192 Å². The number of rotatable bonds is 22. The zero-order valence-electron chi connectivity index (χ0n) is 72.0. The Labute approximate surface area is 816 Å². The summed E-state index contributed by atoms with van der Waals surface area (Å²) in [6.07, 6.45) is 24.1. The minimum Gasteiger partial charge on any atom is -0.464 e. The number of halogens is 4. The number of H-pyrrole nitrogens is 5. The number of aliphatic hydroxyl groups excluding tert-OH is 2. The second-order valence-electron chi connectivity index (χ2n) is 31.8. The van der Waals surface area contributed by atoms with Crippen LogP contribution in [0, 0.1) is 12.3 Å². The van der Waals surface area contributed by atoms with Crippen LogP contribution in [0.5, 0.6) is 0 Å². The molecule has 0 amide bonds. The van der Waals surface area contributed by atoms with Crippen molar-refractivity contribution in [3.63, 3.8) is 0 Å². The van der Waals surface area contributed by atoms with E-state index in [1.807, 2.05) is 84.9 Å². The van der Waals surface area contributed by atoms with E-state index in [9.17, 15) is 40.3 Å². The number of thiophene rings is 4. The molecule has 4 aliphatic rings. The van der Waals surface area contributed by atoms with Gasteiger partial charge in [-0.3, -0.25) is 25.5 Å². The summed E-state index contributed by atoms with van der Waals surface area (Å²) in [4.78, 5) is 58.0. The molecule has 20 rings (SSSR count). The number of aliphatic hydroxyl groups is 2. The number of benzene rings is 2. The van der Waals surface area contributed by atoms with E-state index < -0.39 is 48.2 Å². The number of nitrogens with one attached hydrogen (secondary N) is 10. The molecule has 18 N–H and O–H groups in total. The molecule has 3 saturated carbocycles. The Morgan fingerprint density at radius 3 is 1.49 bits per heavy atom. The molecule has 15 heterocycles. The lowest BCUT2D eigenvalue weighted by molar-refractivity contribution is -0.153. The lowest BCUT2D eigenvalue weighted by Crippen LogP contribution is -2.14. The maximum atomic E-state index is 11.7. The molecule has 49 heteroatoms. The smallest absolute Gasteiger partial charge is 0.340 e. The molecule has 704 valence electrons. The van der Waals surface area contributed by atoms with Gasteiger partial charge in [-0.2, -0.15) is 25.5 Å². The first-order chi connectivity index (χ1) is 65.1. The highest BCUT2D eigenvalue weighted by Gasteiger charge is 2.32. The number of hydrogen-bond acceptors (Lipinski definition) is 34. The van der Waals surface area contributed by atoms with Gasteiger partial charge in [0.05, 0.1) is 68.3 Å². The molecule has 16 aromatic rings. The second-order valence-corrected chi connectivity index (χ2v) is 43.2. The number of fused-ring (bicyclic) bond motifs is 5. The van der Waals surface area contributed by atoms with Gasteiger partial charge in [0.25, 0.3) is 0 Å². The van der Waals surface area contributed by atoms with Crippen LogP contribution in [-0.2, 0) is 45.0 Å². The average Bonchev–Trinajstić information content (AvgIpc) is 1.61. The van der Waals surface area contributed by atoms with Gasteiger partial charge in [0, 0.05) is 95.3 Å². The van der Waals surface area contributed by atoms with Crippen molar-refractivity contribution in [3.8, 4) is 77.8 Å². The predicted molar refractivity (Wildman–Crippen MR) is 529 cm³/mol. The van der Waals surface area contributed by atoms with E-state index in [1.165, 1.54) is 86.7 Å². The Kier molecular flexibility index (Phi) is 29.4. The molecule has 0 spiro atoms. The van der Waals surface area contributed by atoms with Gasteiger partial charge in [-0.05, 0) is 105 Å². The fourth-order valence-electron chi connectivity index (χ4n) is 13.7. The van der Waals surface area contributed by atoms with Crippen molar-refractivity contribution in [2.24, 2.45) is 15.4 Å². The Morgan fingerprint density at radius 2 is 0.985 bits per heavy atom. The summed E-state index contributed by atoms with van der Waals surface area (Å²) in [6, 6.07) is 37.4. The minimum absolute atomic E-state index is 0. The Hall–Kier alpha value is -12.7. The number of carbonyl (C=O) groups excluding carboxylic acids is 1. The van der Waals surface area contributed by atoms with E-state index in [0.29, 0.717) is 155 Å². The monoisotopic (exact) mass is 2050 g/mol. The highest BCUT2D eigenvalue weighted by molar-refractivity contribution is 7.92. The topological polar surface area (TPSA) is 580 Å². The molecule has 136 heavy (non-hydrogen) atoms. The van der Waals surface area contributed by atoms with Crippen LogP contribution in [0.15, 0.2) is 177 Å². The largest absolute Gasteiger partial charge is 0.464 e. The highest BCUT2D eigenvalue weighted by Crippen LogP contribution is 2.46. The number of primary sulfonamides is 3. The summed E-state index contributed by atoms with van der Waals surface area (Å²) in [7, 11) is -11.3. The number of carbonyl (C=O) groups is 1. The highest BCUT2D eigenvalue weighted by atomic mass is 35.5. The van der Waals surface area contributed by atoms with Gasteiger partial charge in [-0.15, -0.1) is 51.8 Å². The first kappa shape index (κ1) is 96.4. The average molecular weight is 2050 g/mol. The number of hydrogen-bond donors (Lipinski definition) is 15. The number of nitrogens with zero attached hydrogens (tertiary/aromatic N) is 15. The van der Waals surface area contributed by atoms with Crippen molar-refractivity contribution in [2.45, 2.75) is 127 Å². The minimum atomic E-state index is -3.77. The zero-order chi connectivity index (χ0) is 95.9. The van der Waals surface area contributed by atoms with Gasteiger partial charge >= 0.3 is 5.97 Å². The second kappa shape index (κ2) is 41.5. The van der Waals surface area contributed by atoms with Gasteiger partial charge in [0.2, 0.25) is 30.1 Å². The Balaban J connectivity index is 0.000000137. The molecule has 1 aliphatic heterocycles. The van der Waals surface area contributed by atoms with Gasteiger partial charge in [-0.1, -0.05) is 153 Å². The van der Waals surface area contributed by atoms with Crippen molar-refractivity contribution in [2.75, 3.05) is 33.2 Å². The van der Waals surface area contributed by atoms with Crippen LogP contribution >= 0.6 is 91.8 Å². The van der Waals surface area contributed by atoms with Crippen LogP contribution in [0.1, 0.15) is 156 Å². The number of anilines is 10. The number of sulfonamides is 3. The molecule has 0 radical (unpaired) electrons. The first-order valence-electron chi connectivity index (χ1n) is 41.6. The van der Waals surface area contributed by atoms with E-state index >= 15 is 0 Å². The maximum absolute atomic E-state index is 11.7. The molecular formula is C87H86Cl4N28O10S7. The summed E-state index contributed by atoms with van der Waals surface area (Å²) in [6.45, 7) is 8.10. The van der Waals surface area contributed by atoms with Crippen LogP contribution in [-0.4, -0.2) is 149 Å². The summed E-state index contributed by atoms with van der Waals surface area (Å²) in [5, 5.41) is 89.8. The van der Waals surface area contributed by atoms with E-state index in [0.717, 1.165) is 97.6 Å². The molecule has 2 bridgehead atoms. The van der Waals surface area contributed by atoms with Crippen molar-refractivity contribution in [3.05, 3.63) is 229 Å². The summed E-state index contributed by atoms with van der Waals surface area (Å²) in [5.74, 6) is 10.5. The molecular weight excluding hydrogens is 1960 g/mol. The van der Waals surface area contributed by atoms with Gasteiger partial charge < -0.3 is 41.5 Å². The third-order valence-corrected chi connectivity index (χ3v) is 30.7. The molecule has 3 fully saturated rings. The van der Waals surface area contributed by atoms with Crippen LogP contribution in [0.4, 0.5) is 58.2 Å². The summed E-state index contributed by atoms with van der Waals surface area (Å²) >= 11 is 29.1. The summed E-state index contributed by atoms with van der Waals surface area (Å²) < 4.78 is 73.7. The van der Waals surface area contributed by atoms with E-state index in [-0.39, 0.29) is 27.5 Å². The van der Waals surface area contributed by atoms with Gasteiger partial charge in [0.15, 0.2) is 93.4 Å². The SMILES string of the molecule is C#Cc1cnc(-c2ccc(C(O)C(=O)OCC)s2)nc1Nc1cc(C2CC2)[nH]n1.CC(C)(C)c1cc(Nc2nc(-c3ccc(S(N)(=O)=O)s3)ncc2Cl)n[nH]1.NS(=O)(=O)c1ccc(-c2ncc(Cl)c(Nc3cc(-c4ccccc4)[nH]n3)n2)s1.NS(=O)(=O)c1ccc(-c2ncc(Cl)c(Nc3cc(C4CCCC4)[nH]n3)n2)s1.OC1/C=C\c2c(n[nH]c2C2CC2)Nc2nc(ncc2Cl)-c2ccccc21.[HH].[HH]. The lowest BCUT2D eigenvalue weighted by atomic mass is 9.92. The van der Waals surface area contributed by atoms with Crippen LogP contribution in [0.2, 0.25) is 20.1 Å². The predicted octanol–water partition coefficient (Wildman–Crippen LogP) is 18.4. The van der Waals surface area contributed by atoms with Crippen molar-refractivity contribution < 1.29 is 47.9 Å². The number of terminal acetylenes is 1. The Morgan fingerprint density at radius 1 is 0.529 bits per heavy atom. The molecule has 14 aromatic heterocycles. The number of esters is 1. The number of ether oxygens (including phenoxy) is 1. The standard InChI is InChI=1S/C20H19N5O3S.C19H16ClN5O.C17H13ClN6O2S2.C16H17ClN6O2S2.C15H17ClN6O2S2.2H2/c1-3-11-10-21-19(15-8-7-14(29-15)17(26)20(27)28-4-2)23-18(11)22-16-9-13(24-25-16)12-5-6-12;20-14-9-21-17-12-4-2-1-3-11(12)15(26)8-7-13-16(10-5-6-10)24-25-18(13)23-19(14)22-17;18-11-9-20-17(13-6-7-15(27-13)28(19,25)26)22-16(11)21-14-8-12(23-24-14)10-4-2-1-3-5-10;17-10-8-19-16(12-5-6-14(26-12)27(18,24)25)21-15(10)20-13-7-11(22-23-13)9-3-1-2-4-9;1-15(2,3)10-6-11(22-21-10)19-13-8(16)7-18-14(20-13)9-4-5-12(25-9)26(17,23)24;;/h1,7-10,12,17,26H,4-6H2,2H3,(H2,21,22,23,24,25);1-4,7-10,15,26H,5-6H2,(H2,21,22,23,24,25);1-9H,(H2,19,25,26)(H2,20,21,22,23,24);5-9H,1-4H2,(H2,18,24,25)(H2,19,20,21,22,23);4-7H,1-3H3,(H2,17,23,24)(H2,18,19,20,21,22);2*1H/b;8-7-;;;;;. The maximum Gasteiger partial charge on any atom is 0.340 e. The molecule has 38 nitrogen and oxygen atoms in total. The van der Waals surface area contributed by atoms with Crippen LogP contribution in [0.3, 0.4) is 0 Å². The quantitative estimate of drug-likeness (QED) is 0.0221. The lowest BCUT2D eigenvalue weighted by Gasteiger charge is -2.14. The van der Waals surface area contributed by atoms with Crippen molar-refractivity contribution in [1.82, 2.24) is 101 Å². The number of aromatic amines is 5. The number of nitrogens with two attached hydrogens (primary N) is 3. The van der Waals surface area contributed by atoms with Gasteiger partial charge in [-0.25, -0.2) is 95.3 Å².